The lowest BCUT2D eigenvalue weighted by Crippen LogP contribution is -2.16. The number of methoxy groups -OCH3 is 2. The predicted octanol–water partition coefficient (Wildman–Crippen LogP) is 3.51. The van der Waals surface area contributed by atoms with Crippen molar-refractivity contribution in [3.63, 3.8) is 0 Å². The Balaban J connectivity index is 2.33. The maximum atomic E-state index is 6.37. The Morgan fingerprint density at radius 1 is 1.28 bits per heavy atom. The summed E-state index contributed by atoms with van der Waals surface area (Å²) in [6, 6.07) is 3.93. The Morgan fingerprint density at radius 3 is 2.22 bits per heavy atom. The van der Waals surface area contributed by atoms with Crippen LogP contribution in [0.2, 0.25) is 0 Å². The van der Waals surface area contributed by atoms with E-state index in [2.05, 4.69) is 29.8 Å². The molecule has 4 heteroatoms. The van der Waals surface area contributed by atoms with Crippen LogP contribution in [0, 0.1) is 11.3 Å². The summed E-state index contributed by atoms with van der Waals surface area (Å²) in [6.07, 6.45) is 1.18. The molecule has 2 atom stereocenters. The third kappa shape index (κ3) is 2.36. The molecule has 1 aliphatic rings. The maximum Gasteiger partial charge on any atom is 0.161 e. The first-order valence-electron chi connectivity index (χ1n) is 6.07. The first-order valence-corrected chi connectivity index (χ1v) is 6.87. The fraction of sp³-hybridized carbons (Fsp3) is 0.571. The normalized spacial score (nSPS) is 22.4. The minimum absolute atomic E-state index is 0.0363. The molecule has 2 unspecified atom stereocenters. The van der Waals surface area contributed by atoms with Crippen molar-refractivity contribution in [2.75, 3.05) is 14.2 Å². The fourth-order valence-electron chi connectivity index (χ4n) is 2.46. The van der Waals surface area contributed by atoms with E-state index in [-0.39, 0.29) is 6.04 Å². The van der Waals surface area contributed by atoms with Crippen LogP contribution in [-0.2, 0) is 0 Å². The number of hydrogen-bond acceptors (Lipinski definition) is 3. The van der Waals surface area contributed by atoms with Crippen molar-refractivity contribution < 1.29 is 9.47 Å². The summed E-state index contributed by atoms with van der Waals surface area (Å²) in [4.78, 5) is 0. The topological polar surface area (TPSA) is 44.5 Å². The molecule has 1 saturated carbocycles. The van der Waals surface area contributed by atoms with E-state index in [1.165, 1.54) is 6.42 Å². The number of benzene rings is 1. The van der Waals surface area contributed by atoms with Gasteiger partial charge >= 0.3 is 0 Å². The maximum absolute atomic E-state index is 6.37. The van der Waals surface area contributed by atoms with Gasteiger partial charge in [-0.1, -0.05) is 29.8 Å². The van der Waals surface area contributed by atoms with Gasteiger partial charge in [-0.15, -0.1) is 0 Å². The van der Waals surface area contributed by atoms with Crippen molar-refractivity contribution in [2.45, 2.75) is 26.3 Å². The van der Waals surface area contributed by atoms with Gasteiger partial charge in [0.05, 0.1) is 14.2 Å². The van der Waals surface area contributed by atoms with Gasteiger partial charge in [-0.25, -0.2) is 0 Å². The third-order valence-electron chi connectivity index (χ3n) is 3.89. The molecule has 0 radical (unpaired) electrons. The van der Waals surface area contributed by atoms with Crippen LogP contribution in [0.25, 0.3) is 0 Å². The van der Waals surface area contributed by atoms with Crippen molar-refractivity contribution in [1.82, 2.24) is 0 Å². The first kappa shape index (κ1) is 13.7. The lowest BCUT2D eigenvalue weighted by molar-refractivity contribution is 0.353. The lowest BCUT2D eigenvalue weighted by atomic mass is 9.97. The van der Waals surface area contributed by atoms with Crippen LogP contribution in [0.4, 0.5) is 0 Å². The Bertz CT molecular complexity index is 459. The van der Waals surface area contributed by atoms with Crippen LogP contribution in [0.5, 0.6) is 11.5 Å². The van der Waals surface area contributed by atoms with E-state index in [1.54, 1.807) is 14.2 Å². The zero-order chi connectivity index (χ0) is 13.5. The highest BCUT2D eigenvalue weighted by molar-refractivity contribution is 9.10. The van der Waals surface area contributed by atoms with E-state index >= 15 is 0 Å². The van der Waals surface area contributed by atoms with Gasteiger partial charge in [-0.2, -0.15) is 0 Å². The molecule has 1 aromatic rings. The average Bonchev–Trinajstić information content (AvgIpc) is 2.97. The zero-order valence-electron chi connectivity index (χ0n) is 11.3. The van der Waals surface area contributed by atoms with Gasteiger partial charge < -0.3 is 15.2 Å². The Morgan fingerprint density at radius 2 is 1.78 bits per heavy atom. The van der Waals surface area contributed by atoms with Crippen LogP contribution in [0.15, 0.2) is 16.6 Å². The summed E-state index contributed by atoms with van der Waals surface area (Å²) in [6.45, 7) is 4.51. The number of ether oxygens (including phenoxy) is 2. The molecule has 1 aromatic carbocycles. The summed E-state index contributed by atoms with van der Waals surface area (Å²) >= 11 is 3.57. The molecular formula is C14H20BrNO2. The number of nitrogens with two attached hydrogens (primary N) is 1. The van der Waals surface area contributed by atoms with Gasteiger partial charge in [0, 0.05) is 10.5 Å². The van der Waals surface area contributed by atoms with Crippen molar-refractivity contribution in [1.29, 1.82) is 0 Å². The Labute approximate surface area is 117 Å². The van der Waals surface area contributed by atoms with E-state index < -0.39 is 0 Å². The van der Waals surface area contributed by atoms with Gasteiger partial charge in [0.25, 0.3) is 0 Å². The summed E-state index contributed by atoms with van der Waals surface area (Å²) in [5.41, 5.74) is 7.81. The molecular weight excluding hydrogens is 294 g/mol. The fourth-order valence-corrected chi connectivity index (χ4v) is 3.05. The van der Waals surface area contributed by atoms with E-state index in [0.717, 1.165) is 21.5 Å². The molecule has 2 N–H and O–H groups in total. The quantitative estimate of drug-likeness (QED) is 0.925. The molecule has 0 bridgehead atoms. The second-order valence-corrected chi connectivity index (χ2v) is 6.41. The second kappa shape index (κ2) is 4.74. The van der Waals surface area contributed by atoms with Crippen LogP contribution in [0.1, 0.15) is 31.9 Å². The van der Waals surface area contributed by atoms with Gasteiger partial charge in [0.1, 0.15) is 0 Å². The summed E-state index contributed by atoms with van der Waals surface area (Å²) in [7, 11) is 3.27. The number of rotatable bonds is 4. The van der Waals surface area contributed by atoms with Gasteiger partial charge in [0.2, 0.25) is 0 Å². The second-order valence-electron chi connectivity index (χ2n) is 5.55. The standard InChI is InChI=1S/C14H20BrNO2/c1-14(2)7-9(14)13(16)8-5-11(17-3)12(18-4)6-10(8)15/h5-6,9,13H,7,16H2,1-4H3. The van der Waals surface area contributed by atoms with E-state index in [0.29, 0.717) is 11.3 Å². The molecule has 0 amide bonds. The molecule has 0 aliphatic heterocycles. The van der Waals surface area contributed by atoms with Crippen molar-refractivity contribution in [3.05, 3.63) is 22.2 Å². The molecule has 3 nitrogen and oxygen atoms in total. The van der Waals surface area contributed by atoms with Crippen LogP contribution < -0.4 is 15.2 Å². The highest BCUT2D eigenvalue weighted by Crippen LogP contribution is 2.57. The largest absolute Gasteiger partial charge is 0.493 e. The monoisotopic (exact) mass is 313 g/mol. The van der Waals surface area contributed by atoms with Crippen LogP contribution >= 0.6 is 15.9 Å². The lowest BCUT2D eigenvalue weighted by Gasteiger charge is -2.18. The third-order valence-corrected chi connectivity index (χ3v) is 4.57. The van der Waals surface area contributed by atoms with Crippen molar-refractivity contribution in [3.8, 4) is 11.5 Å². The highest BCUT2D eigenvalue weighted by Gasteiger charge is 2.49. The molecule has 100 valence electrons. The average molecular weight is 314 g/mol. The Kier molecular flexibility index (Phi) is 3.60. The molecule has 0 aromatic heterocycles. The van der Waals surface area contributed by atoms with E-state index in [1.807, 2.05) is 12.1 Å². The molecule has 1 fully saturated rings. The summed E-state index contributed by atoms with van der Waals surface area (Å²) < 4.78 is 11.6. The summed E-state index contributed by atoms with van der Waals surface area (Å²) in [5.74, 6) is 1.98. The number of hydrogen-bond donors (Lipinski definition) is 1. The zero-order valence-corrected chi connectivity index (χ0v) is 12.9. The van der Waals surface area contributed by atoms with Crippen molar-refractivity contribution >= 4 is 15.9 Å². The van der Waals surface area contributed by atoms with Crippen molar-refractivity contribution in [2.24, 2.45) is 17.1 Å². The first-order chi connectivity index (χ1) is 8.40. The molecule has 2 rings (SSSR count). The van der Waals surface area contributed by atoms with E-state index in [4.69, 9.17) is 15.2 Å². The molecule has 1 aliphatic carbocycles. The smallest absolute Gasteiger partial charge is 0.161 e. The molecule has 0 spiro atoms. The van der Waals surface area contributed by atoms with E-state index in [9.17, 15) is 0 Å². The van der Waals surface area contributed by atoms with Crippen LogP contribution in [0.3, 0.4) is 0 Å². The minimum atomic E-state index is 0.0363. The molecule has 0 saturated heterocycles. The van der Waals surface area contributed by atoms with Gasteiger partial charge in [-0.3, -0.25) is 0 Å². The summed E-state index contributed by atoms with van der Waals surface area (Å²) in [5, 5.41) is 0. The van der Waals surface area contributed by atoms with Crippen LogP contribution in [-0.4, -0.2) is 14.2 Å². The Hall–Kier alpha value is -0.740. The SMILES string of the molecule is COc1cc(Br)c(C(N)C2CC2(C)C)cc1OC. The van der Waals surface area contributed by atoms with Gasteiger partial charge in [-0.05, 0) is 35.4 Å². The highest BCUT2D eigenvalue weighted by atomic mass is 79.9. The molecule has 0 heterocycles. The minimum Gasteiger partial charge on any atom is -0.493 e. The number of halogens is 1. The molecule has 18 heavy (non-hydrogen) atoms. The van der Waals surface area contributed by atoms with Gasteiger partial charge in [0.15, 0.2) is 11.5 Å². The predicted molar refractivity (Wildman–Crippen MR) is 76.1 cm³/mol.